The molecule has 2 heteroatoms. The lowest BCUT2D eigenvalue weighted by Gasteiger charge is -2.26. The summed E-state index contributed by atoms with van der Waals surface area (Å²) in [5, 5.41) is 3.34. The van der Waals surface area contributed by atoms with Crippen molar-refractivity contribution in [2.45, 2.75) is 13.0 Å². The first kappa shape index (κ1) is 6.05. The Morgan fingerprint density at radius 3 is 2.75 bits per heavy atom. The molecule has 48 valence electrons. The Balaban J connectivity index is 2.28. The molecule has 0 aromatic heterocycles. The normalized spacial score (nSPS) is 39.8. The van der Waals surface area contributed by atoms with Crippen LogP contribution >= 0.6 is 0 Å². The fourth-order valence-corrected chi connectivity index (χ4v) is 1.02. The van der Waals surface area contributed by atoms with Gasteiger partial charge in [-0.25, -0.2) is 0 Å². The van der Waals surface area contributed by atoms with Gasteiger partial charge in [0.2, 0.25) is 0 Å². The molecule has 2 N–H and O–H groups in total. The number of nitrogens with one attached hydrogen (secondary N) is 2. The zero-order chi connectivity index (χ0) is 5.98. The van der Waals surface area contributed by atoms with Crippen LogP contribution in [0.4, 0.5) is 0 Å². The van der Waals surface area contributed by atoms with Crippen molar-refractivity contribution in [3.63, 3.8) is 0 Å². The molecule has 1 aliphatic heterocycles. The molecule has 1 rings (SSSR count). The van der Waals surface area contributed by atoms with Gasteiger partial charge in [0.1, 0.15) is 0 Å². The summed E-state index contributed by atoms with van der Waals surface area (Å²) >= 11 is 0. The van der Waals surface area contributed by atoms with Gasteiger partial charge in [-0.15, -0.1) is 0 Å². The first-order valence-electron chi connectivity index (χ1n) is 3.33. The second kappa shape index (κ2) is 2.46. The Hall–Kier alpha value is -0.0800. The molecule has 2 unspecified atom stereocenters. The molecule has 2 nitrogen and oxygen atoms in total. The highest BCUT2D eigenvalue weighted by molar-refractivity contribution is 4.57. The summed E-state index contributed by atoms with van der Waals surface area (Å²) in [7, 11) is 2.26. The van der Waals surface area contributed by atoms with Crippen molar-refractivity contribution in [3.8, 4) is 0 Å². The van der Waals surface area contributed by atoms with E-state index in [0.717, 1.165) is 6.04 Å². The van der Waals surface area contributed by atoms with Crippen LogP contribution in [0, 0.1) is 0 Å². The number of piperazine rings is 1. The quantitative estimate of drug-likeness (QED) is 0.392. The van der Waals surface area contributed by atoms with Crippen LogP contribution in [0.15, 0.2) is 0 Å². The van der Waals surface area contributed by atoms with Gasteiger partial charge in [-0.1, -0.05) is 0 Å². The van der Waals surface area contributed by atoms with Crippen molar-refractivity contribution in [2.75, 3.05) is 26.7 Å². The molecule has 0 spiro atoms. The number of rotatable bonds is 0. The number of hydrogen-bond acceptors (Lipinski definition) is 1. The lowest BCUT2D eigenvalue weighted by atomic mass is 10.2. The molecule has 0 radical (unpaired) electrons. The van der Waals surface area contributed by atoms with Crippen molar-refractivity contribution in [3.05, 3.63) is 0 Å². The van der Waals surface area contributed by atoms with Crippen molar-refractivity contribution in [1.82, 2.24) is 5.32 Å². The third-order valence-corrected chi connectivity index (χ3v) is 1.99. The summed E-state index contributed by atoms with van der Waals surface area (Å²) in [6.07, 6.45) is 0. The summed E-state index contributed by atoms with van der Waals surface area (Å²) in [5.41, 5.74) is 0. The van der Waals surface area contributed by atoms with Gasteiger partial charge in [0.05, 0.1) is 19.6 Å². The van der Waals surface area contributed by atoms with Crippen LogP contribution in [-0.4, -0.2) is 32.7 Å². The molecule has 1 fully saturated rings. The smallest absolute Gasteiger partial charge is 0.0970 e. The summed E-state index contributed by atoms with van der Waals surface area (Å²) in [4.78, 5) is 1.66. The van der Waals surface area contributed by atoms with E-state index in [4.69, 9.17) is 0 Å². The summed E-state index contributed by atoms with van der Waals surface area (Å²) in [6.45, 7) is 5.94. The van der Waals surface area contributed by atoms with E-state index in [1.807, 2.05) is 0 Å². The monoisotopic (exact) mass is 115 g/mol. The SMILES string of the molecule is CC1CNCC[NH+]1C. The Kier molecular flexibility index (Phi) is 1.86. The Morgan fingerprint density at radius 2 is 2.38 bits per heavy atom. The average molecular weight is 115 g/mol. The maximum atomic E-state index is 3.34. The van der Waals surface area contributed by atoms with Crippen LogP contribution in [0.1, 0.15) is 6.92 Å². The van der Waals surface area contributed by atoms with Crippen LogP contribution in [0.3, 0.4) is 0 Å². The third-order valence-electron chi connectivity index (χ3n) is 1.99. The average Bonchev–Trinajstić information content (AvgIpc) is 1.77. The molecule has 1 heterocycles. The molecule has 0 aliphatic carbocycles. The van der Waals surface area contributed by atoms with E-state index in [-0.39, 0.29) is 0 Å². The second-order valence-corrected chi connectivity index (χ2v) is 2.70. The van der Waals surface area contributed by atoms with Gasteiger partial charge < -0.3 is 10.2 Å². The zero-order valence-electron chi connectivity index (χ0n) is 5.70. The molecule has 0 aromatic carbocycles. The molecule has 8 heavy (non-hydrogen) atoms. The van der Waals surface area contributed by atoms with Gasteiger partial charge in [0, 0.05) is 13.1 Å². The zero-order valence-corrected chi connectivity index (χ0v) is 5.70. The van der Waals surface area contributed by atoms with E-state index in [1.165, 1.54) is 19.6 Å². The fraction of sp³-hybridized carbons (Fsp3) is 1.00. The van der Waals surface area contributed by atoms with Gasteiger partial charge in [-0.05, 0) is 6.92 Å². The molecule has 0 amide bonds. The van der Waals surface area contributed by atoms with Gasteiger partial charge in [-0.3, -0.25) is 0 Å². The topological polar surface area (TPSA) is 16.5 Å². The van der Waals surface area contributed by atoms with E-state index in [2.05, 4.69) is 19.3 Å². The molecule has 0 bridgehead atoms. The molecule has 1 aliphatic rings. The van der Waals surface area contributed by atoms with Crippen LogP contribution < -0.4 is 10.2 Å². The lowest BCUT2D eigenvalue weighted by molar-refractivity contribution is -0.905. The minimum absolute atomic E-state index is 0.809. The van der Waals surface area contributed by atoms with Crippen LogP contribution in [0.25, 0.3) is 0 Å². The second-order valence-electron chi connectivity index (χ2n) is 2.70. The Morgan fingerprint density at radius 1 is 1.62 bits per heavy atom. The minimum atomic E-state index is 0.809. The van der Waals surface area contributed by atoms with E-state index in [1.54, 1.807) is 4.90 Å². The van der Waals surface area contributed by atoms with Gasteiger partial charge in [-0.2, -0.15) is 0 Å². The number of likely N-dealkylation sites (N-methyl/N-ethyl adjacent to an activating group) is 1. The van der Waals surface area contributed by atoms with E-state index >= 15 is 0 Å². The fourth-order valence-electron chi connectivity index (χ4n) is 1.02. The highest BCUT2D eigenvalue weighted by atomic mass is 15.2. The maximum Gasteiger partial charge on any atom is 0.0970 e. The first-order chi connectivity index (χ1) is 3.80. The number of quaternary nitrogens is 1. The van der Waals surface area contributed by atoms with Gasteiger partial charge in [0.25, 0.3) is 0 Å². The van der Waals surface area contributed by atoms with Crippen molar-refractivity contribution >= 4 is 0 Å². The predicted molar refractivity (Wildman–Crippen MR) is 34.1 cm³/mol. The molecule has 1 saturated heterocycles. The summed E-state index contributed by atoms with van der Waals surface area (Å²) in [6, 6.07) is 0.809. The van der Waals surface area contributed by atoms with Gasteiger partial charge in [0.15, 0.2) is 0 Å². The van der Waals surface area contributed by atoms with Crippen LogP contribution in [-0.2, 0) is 0 Å². The number of hydrogen-bond donors (Lipinski definition) is 2. The van der Waals surface area contributed by atoms with Crippen molar-refractivity contribution in [2.24, 2.45) is 0 Å². The molecular formula is C6H15N2+. The minimum Gasteiger partial charge on any atom is -0.333 e. The Bertz CT molecular complexity index is 62.9. The predicted octanol–water partition coefficient (Wildman–Crippen LogP) is -1.51. The highest BCUT2D eigenvalue weighted by Crippen LogP contribution is 1.73. The Labute approximate surface area is 50.9 Å². The summed E-state index contributed by atoms with van der Waals surface area (Å²) < 4.78 is 0. The standard InChI is InChI=1S/C6H14N2/c1-6-5-7-3-4-8(6)2/h6-7H,3-5H2,1-2H3/p+1. The van der Waals surface area contributed by atoms with E-state index < -0.39 is 0 Å². The molecular weight excluding hydrogens is 100 g/mol. The van der Waals surface area contributed by atoms with Crippen molar-refractivity contribution in [1.29, 1.82) is 0 Å². The molecule has 2 atom stereocenters. The molecule has 0 aromatic rings. The molecule has 0 saturated carbocycles. The summed E-state index contributed by atoms with van der Waals surface area (Å²) in [5.74, 6) is 0. The van der Waals surface area contributed by atoms with Crippen molar-refractivity contribution < 1.29 is 4.90 Å². The van der Waals surface area contributed by atoms with E-state index in [9.17, 15) is 0 Å². The van der Waals surface area contributed by atoms with Crippen LogP contribution in [0.2, 0.25) is 0 Å². The van der Waals surface area contributed by atoms with Gasteiger partial charge >= 0.3 is 0 Å². The van der Waals surface area contributed by atoms with E-state index in [0.29, 0.717) is 0 Å². The van der Waals surface area contributed by atoms with Crippen LogP contribution in [0.5, 0.6) is 0 Å². The first-order valence-corrected chi connectivity index (χ1v) is 3.33. The third kappa shape index (κ3) is 1.20. The largest absolute Gasteiger partial charge is 0.333 e. The lowest BCUT2D eigenvalue weighted by Crippen LogP contribution is -3.15. The highest BCUT2D eigenvalue weighted by Gasteiger charge is 2.15. The maximum absolute atomic E-state index is 3.34.